The largest absolute Gasteiger partial charge is 0.458 e. The number of ketones is 1. The van der Waals surface area contributed by atoms with Crippen LogP contribution >= 0.6 is 0 Å². The van der Waals surface area contributed by atoms with Gasteiger partial charge in [0, 0.05) is 17.8 Å². The zero-order valence-electron chi connectivity index (χ0n) is 26.7. The maximum Gasteiger partial charge on any atom is 0.338 e. The molecule has 0 N–H and O–H groups in total. The summed E-state index contributed by atoms with van der Waals surface area (Å²) in [5.41, 5.74) is 0.840. The van der Waals surface area contributed by atoms with Gasteiger partial charge in [0.25, 0.3) is 0 Å². The maximum absolute atomic E-state index is 14.4. The van der Waals surface area contributed by atoms with Gasteiger partial charge in [-0.25, -0.2) is 4.79 Å². The molecular formula is C37H56O3. The Labute approximate surface area is 244 Å². The van der Waals surface area contributed by atoms with Crippen LogP contribution in [0.4, 0.5) is 0 Å². The molecule has 0 spiro atoms. The van der Waals surface area contributed by atoms with Gasteiger partial charge in [-0.3, -0.25) is 4.79 Å². The fourth-order valence-electron chi connectivity index (χ4n) is 11.1. The van der Waals surface area contributed by atoms with Crippen LogP contribution in [0.5, 0.6) is 0 Å². The maximum atomic E-state index is 14.4. The molecule has 0 heterocycles. The molecule has 0 radical (unpaired) electrons. The number of Topliss-reactive ketones (excluding diaryl/α,β-unsaturated/α-hetero) is 1. The zero-order valence-corrected chi connectivity index (χ0v) is 26.7. The number of hydrogen-bond donors (Lipinski definition) is 0. The number of fused-ring (bicyclic) bond motifs is 5. The Bertz CT molecular complexity index is 1090. The van der Waals surface area contributed by atoms with E-state index in [0.29, 0.717) is 23.7 Å². The van der Waals surface area contributed by atoms with Gasteiger partial charge in [-0.15, -0.1) is 0 Å². The lowest BCUT2D eigenvalue weighted by molar-refractivity contribution is -0.200. The number of benzene rings is 1. The Kier molecular flexibility index (Phi) is 7.88. The van der Waals surface area contributed by atoms with Crippen LogP contribution in [0.1, 0.15) is 130 Å². The van der Waals surface area contributed by atoms with E-state index < -0.39 is 0 Å². The van der Waals surface area contributed by atoms with Crippen LogP contribution in [0.15, 0.2) is 30.3 Å². The van der Waals surface area contributed by atoms with Crippen LogP contribution in [0.25, 0.3) is 0 Å². The van der Waals surface area contributed by atoms with Crippen LogP contribution in [0, 0.1) is 57.2 Å². The minimum Gasteiger partial charge on any atom is -0.458 e. The SMILES string of the molecule is CC(C)CCC[C@@H](C)[C@H]1CC[C@@]2(C)[C@@H]3C(=O)C[C@H]4C(C)(C)[C@@H](OC(=O)c5ccccc5)CC[C@]4(C)[C@H]3CC[C@]12C. The predicted octanol–water partition coefficient (Wildman–Crippen LogP) is 9.54. The molecule has 5 rings (SSSR count). The van der Waals surface area contributed by atoms with Gasteiger partial charge in [0.05, 0.1) is 5.56 Å². The van der Waals surface area contributed by atoms with Crippen LogP contribution in [-0.4, -0.2) is 17.9 Å². The standard InChI is InChI=1S/C37H56O3/c1-24(2)13-12-14-25(3)27-17-22-37(8)32-28(18-21-36(27,37)7)35(6)20-19-31(34(4,5)30(35)23-29(32)38)40-33(39)26-15-10-9-11-16-26/h9-11,15-16,24-25,27-28,30-32H,12-14,17-23H2,1-8H3/t25-,27-,28+,30+,31+,32+,35-,36-,37+/m1/s1. The fourth-order valence-corrected chi connectivity index (χ4v) is 11.1. The van der Waals surface area contributed by atoms with Crippen molar-refractivity contribution >= 4 is 11.8 Å². The molecule has 0 unspecified atom stereocenters. The lowest BCUT2D eigenvalue weighted by Crippen LogP contribution is -2.64. The van der Waals surface area contributed by atoms with Crippen molar-refractivity contribution in [2.75, 3.05) is 0 Å². The van der Waals surface area contributed by atoms with E-state index in [4.69, 9.17) is 4.74 Å². The molecule has 40 heavy (non-hydrogen) atoms. The van der Waals surface area contributed by atoms with Crippen LogP contribution in [0.2, 0.25) is 0 Å². The molecule has 1 aromatic carbocycles. The van der Waals surface area contributed by atoms with Gasteiger partial charge in [0.2, 0.25) is 0 Å². The summed E-state index contributed by atoms with van der Waals surface area (Å²) in [6.45, 7) is 19.3. The van der Waals surface area contributed by atoms with Crippen molar-refractivity contribution in [3.63, 3.8) is 0 Å². The molecule has 4 saturated carbocycles. The zero-order chi connectivity index (χ0) is 29.1. The molecule has 4 fully saturated rings. The highest BCUT2D eigenvalue weighted by molar-refractivity contribution is 5.89. The third kappa shape index (κ3) is 4.60. The van der Waals surface area contributed by atoms with Gasteiger partial charge in [-0.2, -0.15) is 0 Å². The number of carbonyl (C=O) groups excluding carboxylic acids is 2. The molecule has 0 aromatic heterocycles. The number of ether oxygens (including phenoxy) is 1. The minimum atomic E-state index is -0.234. The number of esters is 1. The van der Waals surface area contributed by atoms with Gasteiger partial charge in [-0.1, -0.05) is 92.9 Å². The van der Waals surface area contributed by atoms with E-state index in [1.807, 2.05) is 30.3 Å². The van der Waals surface area contributed by atoms with Crippen molar-refractivity contribution in [1.82, 2.24) is 0 Å². The van der Waals surface area contributed by atoms with E-state index in [1.54, 1.807) is 0 Å². The van der Waals surface area contributed by atoms with E-state index in [-0.39, 0.29) is 45.6 Å². The lowest BCUT2D eigenvalue weighted by atomic mass is 9.37. The van der Waals surface area contributed by atoms with Gasteiger partial charge >= 0.3 is 5.97 Å². The fraction of sp³-hybridized carbons (Fsp3) is 0.784. The summed E-state index contributed by atoms with van der Waals surface area (Å²) in [5, 5.41) is 0. The first-order valence-electron chi connectivity index (χ1n) is 16.5. The number of rotatable bonds is 7. The van der Waals surface area contributed by atoms with Gasteiger partial charge in [0.15, 0.2) is 0 Å². The monoisotopic (exact) mass is 548 g/mol. The summed E-state index contributed by atoms with van der Waals surface area (Å²) in [5.74, 6) is 3.39. The first kappa shape index (κ1) is 29.8. The molecule has 4 aliphatic carbocycles. The molecule has 0 amide bonds. The summed E-state index contributed by atoms with van der Waals surface area (Å²) in [4.78, 5) is 27.4. The number of carbonyl (C=O) groups is 2. The molecule has 1 aromatic rings. The van der Waals surface area contributed by atoms with Crippen LogP contribution in [0.3, 0.4) is 0 Å². The second kappa shape index (κ2) is 10.6. The molecule has 222 valence electrons. The normalized spacial score (nSPS) is 41.1. The van der Waals surface area contributed by atoms with Crippen molar-refractivity contribution in [3.8, 4) is 0 Å². The van der Waals surface area contributed by atoms with Gasteiger partial charge in [0.1, 0.15) is 11.9 Å². The quantitative estimate of drug-likeness (QED) is 0.319. The lowest BCUT2D eigenvalue weighted by Gasteiger charge is -2.66. The average Bonchev–Trinajstić information content (AvgIpc) is 3.18. The smallest absolute Gasteiger partial charge is 0.338 e. The summed E-state index contributed by atoms with van der Waals surface area (Å²) in [6.07, 6.45) is 11.3. The molecule has 3 nitrogen and oxygen atoms in total. The van der Waals surface area contributed by atoms with E-state index >= 15 is 0 Å². The molecule has 0 bridgehead atoms. The Morgan fingerprint density at radius 1 is 0.900 bits per heavy atom. The van der Waals surface area contributed by atoms with Crippen LogP contribution < -0.4 is 0 Å². The second-order valence-corrected chi connectivity index (χ2v) is 16.3. The topological polar surface area (TPSA) is 43.4 Å². The summed E-state index contributed by atoms with van der Waals surface area (Å²) < 4.78 is 6.20. The highest BCUT2D eigenvalue weighted by Crippen LogP contribution is 2.74. The van der Waals surface area contributed by atoms with Gasteiger partial charge < -0.3 is 4.74 Å². The summed E-state index contributed by atoms with van der Waals surface area (Å²) in [6, 6.07) is 9.36. The molecular weight excluding hydrogens is 492 g/mol. The third-order valence-corrected chi connectivity index (χ3v) is 13.6. The Morgan fingerprint density at radius 2 is 1.57 bits per heavy atom. The Morgan fingerprint density at radius 3 is 2.25 bits per heavy atom. The highest BCUT2D eigenvalue weighted by atomic mass is 16.5. The third-order valence-electron chi connectivity index (χ3n) is 13.6. The Balaban J connectivity index is 1.36. The summed E-state index contributed by atoms with van der Waals surface area (Å²) >= 11 is 0. The first-order valence-corrected chi connectivity index (χ1v) is 16.5. The molecule has 4 aliphatic rings. The Hall–Kier alpha value is -1.64. The highest BCUT2D eigenvalue weighted by Gasteiger charge is 2.70. The first-order chi connectivity index (χ1) is 18.8. The molecule has 3 heteroatoms. The van der Waals surface area contributed by atoms with E-state index in [2.05, 4.69) is 55.4 Å². The molecule has 0 saturated heterocycles. The minimum absolute atomic E-state index is 0.0960. The van der Waals surface area contributed by atoms with E-state index in [9.17, 15) is 9.59 Å². The summed E-state index contributed by atoms with van der Waals surface area (Å²) in [7, 11) is 0. The molecule has 0 aliphatic heterocycles. The van der Waals surface area contributed by atoms with Crippen molar-refractivity contribution in [2.45, 2.75) is 126 Å². The van der Waals surface area contributed by atoms with Crippen molar-refractivity contribution in [3.05, 3.63) is 35.9 Å². The van der Waals surface area contributed by atoms with Crippen molar-refractivity contribution in [1.29, 1.82) is 0 Å². The van der Waals surface area contributed by atoms with E-state index in [1.165, 1.54) is 44.9 Å². The number of hydrogen-bond acceptors (Lipinski definition) is 3. The van der Waals surface area contributed by atoms with Crippen LogP contribution in [-0.2, 0) is 9.53 Å². The van der Waals surface area contributed by atoms with E-state index in [0.717, 1.165) is 30.6 Å². The molecule has 9 atom stereocenters. The van der Waals surface area contributed by atoms with Crippen molar-refractivity contribution < 1.29 is 14.3 Å². The average molecular weight is 549 g/mol. The van der Waals surface area contributed by atoms with Gasteiger partial charge in [-0.05, 0) is 96.5 Å². The second-order valence-electron chi connectivity index (χ2n) is 16.3. The predicted molar refractivity (Wildman–Crippen MR) is 163 cm³/mol. The van der Waals surface area contributed by atoms with Crippen molar-refractivity contribution in [2.24, 2.45) is 57.2 Å².